The summed E-state index contributed by atoms with van der Waals surface area (Å²) in [6.45, 7) is 4.72. The van der Waals surface area contributed by atoms with E-state index in [4.69, 9.17) is 11.6 Å². The maximum atomic E-state index is 11.6. The second kappa shape index (κ2) is 6.04. The Bertz CT molecular complexity index is 865. The Labute approximate surface area is 142 Å². The Hall–Kier alpha value is -1.17. The molecular weight excluding hydrogens is 332 g/mol. The number of hydrogen-bond donors (Lipinski definition) is 0. The molecule has 1 aliphatic heterocycles. The van der Waals surface area contributed by atoms with Crippen molar-refractivity contribution >= 4 is 32.3 Å². The van der Waals surface area contributed by atoms with E-state index in [9.17, 15) is 8.42 Å². The molecule has 1 unspecified atom stereocenters. The molecule has 0 bridgehead atoms. The average molecular weight is 353 g/mol. The molecule has 0 aliphatic carbocycles. The maximum absolute atomic E-state index is 11.6. The first kappa shape index (κ1) is 16.7. The van der Waals surface area contributed by atoms with Crippen LogP contribution >= 0.6 is 11.6 Å². The van der Waals surface area contributed by atoms with E-state index in [1.165, 1.54) is 5.56 Å². The van der Waals surface area contributed by atoms with Crippen molar-refractivity contribution < 1.29 is 8.42 Å². The molecule has 6 heteroatoms. The first-order valence-corrected chi connectivity index (χ1v) is 9.93. The molecule has 0 amide bonds. The number of fused-ring (bicyclic) bond motifs is 1. The fourth-order valence-corrected chi connectivity index (χ4v) is 5.14. The van der Waals surface area contributed by atoms with Gasteiger partial charge in [0.15, 0.2) is 9.84 Å². The quantitative estimate of drug-likeness (QED) is 0.796. The first-order valence-electron chi connectivity index (χ1n) is 7.73. The molecule has 1 saturated heterocycles. The lowest BCUT2D eigenvalue weighted by molar-refractivity contribution is 0.254. The summed E-state index contributed by atoms with van der Waals surface area (Å²) in [4.78, 5) is 6.63. The third-order valence-corrected chi connectivity index (χ3v) is 6.87. The summed E-state index contributed by atoms with van der Waals surface area (Å²) in [5.74, 6) is 0.518. The number of aromatic nitrogens is 1. The third kappa shape index (κ3) is 3.37. The summed E-state index contributed by atoms with van der Waals surface area (Å²) in [7, 11) is -0.927. The van der Waals surface area contributed by atoms with E-state index in [0.717, 1.165) is 22.0 Å². The van der Waals surface area contributed by atoms with Gasteiger partial charge in [0.05, 0.1) is 17.0 Å². The van der Waals surface area contributed by atoms with E-state index in [0.29, 0.717) is 18.1 Å². The largest absolute Gasteiger partial charge is 0.298 e. The van der Waals surface area contributed by atoms with Crippen molar-refractivity contribution in [3.8, 4) is 0 Å². The zero-order valence-electron chi connectivity index (χ0n) is 13.6. The minimum atomic E-state index is -2.88. The van der Waals surface area contributed by atoms with Crippen LogP contribution in [0.25, 0.3) is 10.9 Å². The van der Waals surface area contributed by atoms with Gasteiger partial charge in [-0.05, 0) is 44.5 Å². The Morgan fingerprint density at radius 3 is 2.74 bits per heavy atom. The molecule has 23 heavy (non-hydrogen) atoms. The molecule has 3 rings (SSSR count). The van der Waals surface area contributed by atoms with Gasteiger partial charge < -0.3 is 0 Å². The Morgan fingerprint density at radius 2 is 2.09 bits per heavy atom. The van der Waals surface area contributed by atoms with Crippen LogP contribution in [0.15, 0.2) is 18.2 Å². The highest BCUT2D eigenvalue weighted by Gasteiger charge is 2.30. The highest BCUT2D eigenvalue weighted by Crippen LogP contribution is 2.27. The molecule has 0 saturated carbocycles. The van der Waals surface area contributed by atoms with Crippen LogP contribution in [0.2, 0.25) is 5.15 Å². The standard InChI is InChI=1S/C17H21ClN2O2S/c1-11-4-5-13-8-14(17(18)19-16(13)12(11)2)9-20(3)15-6-7-23(21,22)10-15/h4-5,8,15H,6-7,9-10H2,1-3H3. The molecule has 2 aromatic rings. The van der Waals surface area contributed by atoms with Crippen molar-refractivity contribution in [2.24, 2.45) is 0 Å². The van der Waals surface area contributed by atoms with Crippen LogP contribution in [0, 0.1) is 13.8 Å². The lowest BCUT2D eigenvalue weighted by atomic mass is 10.0. The van der Waals surface area contributed by atoms with Crippen LogP contribution in [0.4, 0.5) is 0 Å². The monoisotopic (exact) mass is 352 g/mol. The lowest BCUT2D eigenvalue weighted by Gasteiger charge is -2.23. The molecule has 2 heterocycles. The van der Waals surface area contributed by atoms with Gasteiger partial charge in [-0.2, -0.15) is 0 Å². The molecule has 1 atom stereocenters. The SMILES string of the molecule is Cc1ccc2cc(CN(C)C3CCS(=O)(=O)C3)c(Cl)nc2c1C. The van der Waals surface area contributed by atoms with Crippen molar-refractivity contribution in [1.82, 2.24) is 9.88 Å². The minimum Gasteiger partial charge on any atom is -0.298 e. The Balaban J connectivity index is 1.88. The van der Waals surface area contributed by atoms with Gasteiger partial charge in [0.2, 0.25) is 0 Å². The molecular formula is C17H21ClN2O2S. The van der Waals surface area contributed by atoms with E-state index in [2.05, 4.69) is 41.9 Å². The predicted octanol–water partition coefficient (Wildman–Crippen LogP) is 3.12. The zero-order valence-corrected chi connectivity index (χ0v) is 15.2. The summed E-state index contributed by atoms with van der Waals surface area (Å²) < 4.78 is 23.3. The number of nitrogens with zero attached hydrogens (tertiary/aromatic N) is 2. The molecule has 1 fully saturated rings. The number of rotatable bonds is 3. The second-order valence-electron chi connectivity index (χ2n) is 6.49. The van der Waals surface area contributed by atoms with E-state index in [1.807, 2.05) is 7.05 Å². The van der Waals surface area contributed by atoms with Gasteiger partial charge >= 0.3 is 0 Å². The van der Waals surface area contributed by atoms with Crippen LogP contribution in [0.1, 0.15) is 23.1 Å². The average Bonchev–Trinajstić information content (AvgIpc) is 2.85. The highest BCUT2D eigenvalue weighted by molar-refractivity contribution is 7.91. The summed E-state index contributed by atoms with van der Waals surface area (Å²) in [6, 6.07) is 6.28. The van der Waals surface area contributed by atoms with Crippen LogP contribution in [-0.4, -0.2) is 42.9 Å². The summed E-state index contributed by atoms with van der Waals surface area (Å²) >= 11 is 6.38. The minimum absolute atomic E-state index is 0.0616. The number of benzene rings is 1. The molecule has 0 radical (unpaired) electrons. The molecule has 124 valence electrons. The van der Waals surface area contributed by atoms with Crippen molar-refractivity contribution in [2.75, 3.05) is 18.6 Å². The van der Waals surface area contributed by atoms with Gasteiger partial charge in [0, 0.05) is 23.5 Å². The van der Waals surface area contributed by atoms with Crippen molar-refractivity contribution in [3.05, 3.63) is 40.0 Å². The molecule has 1 aromatic carbocycles. The number of aryl methyl sites for hydroxylation is 2. The van der Waals surface area contributed by atoms with Crippen LogP contribution in [-0.2, 0) is 16.4 Å². The topological polar surface area (TPSA) is 50.3 Å². The van der Waals surface area contributed by atoms with E-state index >= 15 is 0 Å². The van der Waals surface area contributed by atoms with Crippen molar-refractivity contribution in [1.29, 1.82) is 0 Å². The molecule has 0 spiro atoms. The van der Waals surface area contributed by atoms with Crippen LogP contribution in [0.3, 0.4) is 0 Å². The predicted molar refractivity (Wildman–Crippen MR) is 94.8 cm³/mol. The fourth-order valence-electron chi connectivity index (χ4n) is 3.14. The number of sulfone groups is 1. The number of pyridine rings is 1. The number of halogens is 1. The summed E-state index contributed by atoms with van der Waals surface area (Å²) in [5, 5.41) is 1.57. The fraction of sp³-hybridized carbons (Fsp3) is 0.471. The lowest BCUT2D eigenvalue weighted by Crippen LogP contribution is -2.32. The Kier molecular flexibility index (Phi) is 4.38. The zero-order chi connectivity index (χ0) is 16.8. The van der Waals surface area contributed by atoms with E-state index < -0.39 is 9.84 Å². The van der Waals surface area contributed by atoms with Crippen molar-refractivity contribution in [3.63, 3.8) is 0 Å². The normalized spacial score (nSPS) is 20.5. The van der Waals surface area contributed by atoms with Gasteiger partial charge in [0.1, 0.15) is 5.15 Å². The Morgan fingerprint density at radius 1 is 1.35 bits per heavy atom. The van der Waals surface area contributed by atoms with E-state index in [-0.39, 0.29) is 17.5 Å². The molecule has 4 nitrogen and oxygen atoms in total. The van der Waals surface area contributed by atoms with Gasteiger partial charge in [0.25, 0.3) is 0 Å². The van der Waals surface area contributed by atoms with Gasteiger partial charge in [-0.25, -0.2) is 13.4 Å². The van der Waals surface area contributed by atoms with Crippen molar-refractivity contribution in [2.45, 2.75) is 32.9 Å². The van der Waals surface area contributed by atoms with E-state index in [1.54, 1.807) is 0 Å². The second-order valence-corrected chi connectivity index (χ2v) is 9.08. The van der Waals surface area contributed by atoms with Gasteiger partial charge in [-0.15, -0.1) is 0 Å². The van der Waals surface area contributed by atoms with Gasteiger partial charge in [-0.1, -0.05) is 23.7 Å². The molecule has 1 aromatic heterocycles. The summed E-state index contributed by atoms with van der Waals surface area (Å²) in [5.41, 5.74) is 4.22. The van der Waals surface area contributed by atoms with Gasteiger partial charge in [-0.3, -0.25) is 4.90 Å². The number of hydrogen-bond acceptors (Lipinski definition) is 4. The highest BCUT2D eigenvalue weighted by atomic mass is 35.5. The van der Waals surface area contributed by atoms with Crippen LogP contribution < -0.4 is 0 Å². The maximum Gasteiger partial charge on any atom is 0.151 e. The van der Waals surface area contributed by atoms with Crippen LogP contribution in [0.5, 0.6) is 0 Å². The smallest absolute Gasteiger partial charge is 0.151 e. The molecule has 0 N–H and O–H groups in total. The third-order valence-electron chi connectivity index (χ3n) is 4.79. The first-order chi connectivity index (χ1) is 10.8. The summed E-state index contributed by atoms with van der Waals surface area (Å²) in [6.07, 6.45) is 0.690. The molecule has 1 aliphatic rings.